The van der Waals surface area contributed by atoms with Crippen LogP contribution in [0, 0.1) is 44.3 Å². The maximum atomic E-state index is 13.5. The maximum Gasteiger partial charge on any atom is 0.272 e. The van der Waals surface area contributed by atoms with Crippen molar-refractivity contribution in [2.24, 2.45) is 12.5 Å². The van der Waals surface area contributed by atoms with Gasteiger partial charge in [-0.05, 0) is 50.1 Å². The summed E-state index contributed by atoms with van der Waals surface area (Å²) in [6, 6.07) is 4.11. The number of aryl methyl sites for hydroxylation is 1. The zero-order valence-corrected chi connectivity index (χ0v) is 18.2. The van der Waals surface area contributed by atoms with Gasteiger partial charge < -0.3 is 9.88 Å². The zero-order chi connectivity index (χ0) is 24.0. The molecule has 1 saturated carbocycles. The van der Waals surface area contributed by atoms with Crippen LogP contribution in [0.2, 0.25) is 0 Å². The molecular formula is C24H23F3N2O3. The SMILES string of the molecule is C#CC1(CC(=O)C(=O)c2c(C)c(C(=O)Nc3ccc(F)c(C)c3)n(C)c2C)CC(F)(F)C1. The van der Waals surface area contributed by atoms with Crippen LogP contribution in [0.5, 0.6) is 0 Å². The molecule has 1 N–H and O–H groups in total. The maximum absolute atomic E-state index is 13.5. The molecule has 1 aromatic carbocycles. The smallest absolute Gasteiger partial charge is 0.272 e. The molecule has 3 rings (SSSR count). The Bertz CT molecular complexity index is 1180. The Labute approximate surface area is 184 Å². The summed E-state index contributed by atoms with van der Waals surface area (Å²) >= 11 is 0. The average Bonchev–Trinajstić information content (AvgIpc) is 2.91. The molecule has 1 amide bonds. The number of anilines is 1. The molecule has 0 bridgehead atoms. The van der Waals surface area contributed by atoms with Crippen molar-refractivity contribution in [3.8, 4) is 12.3 Å². The summed E-state index contributed by atoms with van der Waals surface area (Å²) in [5, 5.41) is 2.66. The van der Waals surface area contributed by atoms with Gasteiger partial charge in [-0.1, -0.05) is 5.92 Å². The van der Waals surface area contributed by atoms with Crippen LogP contribution in [0.1, 0.15) is 56.9 Å². The summed E-state index contributed by atoms with van der Waals surface area (Å²) in [5.41, 5.74) is 0.279. The van der Waals surface area contributed by atoms with Crippen molar-refractivity contribution in [3.63, 3.8) is 0 Å². The first-order valence-electron chi connectivity index (χ1n) is 9.97. The topological polar surface area (TPSA) is 68.2 Å². The van der Waals surface area contributed by atoms with Gasteiger partial charge in [0.2, 0.25) is 11.6 Å². The molecule has 1 aliphatic carbocycles. The molecule has 1 heterocycles. The number of hydrogen-bond donors (Lipinski definition) is 1. The molecule has 0 radical (unpaired) electrons. The number of hydrogen-bond acceptors (Lipinski definition) is 3. The summed E-state index contributed by atoms with van der Waals surface area (Å²) in [4.78, 5) is 38.4. The number of halogens is 3. The van der Waals surface area contributed by atoms with E-state index in [1.54, 1.807) is 20.9 Å². The van der Waals surface area contributed by atoms with E-state index in [1.807, 2.05) is 0 Å². The number of benzene rings is 1. The molecule has 0 saturated heterocycles. The lowest BCUT2D eigenvalue weighted by Gasteiger charge is -2.43. The second-order valence-electron chi connectivity index (χ2n) is 8.47. The highest BCUT2D eigenvalue weighted by Crippen LogP contribution is 2.53. The van der Waals surface area contributed by atoms with Gasteiger partial charge in [-0.3, -0.25) is 14.4 Å². The molecule has 1 aromatic heterocycles. The van der Waals surface area contributed by atoms with E-state index >= 15 is 0 Å². The number of Topliss-reactive ketones (excluding diaryl/α,β-unsaturated/α-hetero) is 2. The molecule has 168 valence electrons. The predicted octanol–water partition coefficient (Wildman–Crippen LogP) is 4.53. The van der Waals surface area contributed by atoms with Gasteiger partial charge in [0.15, 0.2) is 0 Å². The molecule has 5 nitrogen and oxygen atoms in total. The number of nitrogens with zero attached hydrogens (tertiary/aromatic N) is 1. The Morgan fingerprint density at radius 2 is 1.81 bits per heavy atom. The first-order valence-corrected chi connectivity index (χ1v) is 9.97. The number of aromatic nitrogens is 1. The van der Waals surface area contributed by atoms with Crippen molar-refractivity contribution >= 4 is 23.2 Å². The number of amides is 1. The molecule has 2 aromatic rings. The Balaban J connectivity index is 1.86. The summed E-state index contributed by atoms with van der Waals surface area (Å²) in [6.45, 7) is 4.68. The number of rotatable bonds is 6. The van der Waals surface area contributed by atoms with Crippen LogP contribution < -0.4 is 5.32 Å². The van der Waals surface area contributed by atoms with Gasteiger partial charge in [0, 0.05) is 43.1 Å². The third kappa shape index (κ3) is 4.07. The molecule has 0 unspecified atom stereocenters. The highest BCUT2D eigenvalue weighted by molar-refractivity contribution is 6.44. The normalized spacial score (nSPS) is 16.1. The Morgan fingerprint density at radius 1 is 1.19 bits per heavy atom. The zero-order valence-electron chi connectivity index (χ0n) is 18.2. The number of terminal acetylenes is 1. The summed E-state index contributed by atoms with van der Waals surface area (Å²) in [6.07, 6.45) is 3.64. The third-order valence-electron chi connectivity index (χ3n) is 6.04. The minimum absolute atomic E-state index is 0.0520. The first-order chi connectivity index (χ1) is 14.8. The van der Waals surface area contributed by atoms with Crippen LogP contribution in [0.25, 0.3) is 0 Å². The fourth-order valence-corrected chi connectivity index (χ4v) is 4.29. The monoisotopic (exact) mass is 444 g/mol. The Morgan fingerprint density at radius 3 is 2.34 bits per heavy atom. The Hall–Kier alpha value is -3.34. The lowest BCUT2D eigenvalue weighted by atomic mass is 9.63. The highest BCUT2D eigenvalue weighted by atomic mass is 19.3. The summed E-state index contributed by atoms with van der Waals surface area (Å²) in [7, 11) is 1.57. The molecular weight excluding hydrogens is 421 g/mol. The van der Waals surface area contributed by atoms with Gasteiger partial charge in [0.1, 0.15) is 11.5 Å². The number of ketones is 2. The quantitative estimate of drug-likeness (QED) is 0.404. The summed E-state index contributed by atoms with van der Waals surface area (Å²) in [5.74, 6) is -3.35. The van der Waals surface area contributed by atoms with E-state index in [4.69, 9.17) is 6.42 Å². The molecule has 8 heteroatoms. The number of nitrogens with one attached hydrogen (secondary N) is 1. The van der Waals surface area contributed by atoms with E-state index < -0.39 is 53.9 Å². The first kappa shape index (κ1) is 23.3. The fraction of sp³-hybridized carbons (Fsp3) is 0.375. The molecule has 0 spiro atoms. The minimum Gasteiger partial charge on any atom is -0.343 e. The number of alkyl halides is 2. The minimum atomic E-state index is -2.93. The van der Waals surface area contributed by atoms with E-state index in [0.717, 1.165) is 0 Å². The molecule has 0 atom stereocenters. The molecule has 32 heavy (non-hydrogen) atoms. The van der Waals surface area contributed by atoms with Crippen LogP contribution in [-0.2, 0) is 11.8 Å². The van der Waals surface area contributed by atoms with Crippen molar-refractivity contribution in [2.75, 3.05) is 5.32 Å². The highest BCUT2D eigenvalue weighted by Gasteiger charge is 2.56. The van der Waals surface area contributed by atoms with E-state index in [-0.39, 0.29) is 16.8 Å². The standard InChI is InChI=1S/C24H23F3N2O3/c1-6-23(11-24(26,27)12-23)10-18(30)21(31)19-14(3)20(29(5)15(19)4)22(32)28-16-7-8-17(25)13(2)9-16/h1,7-9H,10-12H2,2-5H3,(H,28,32). The third-order valence-corrected chi connectivity index (χ3v) is 6.04. The van der Waals surface area contributed by atoms with Crippen molar-refractivity contribution in [1.29, 1.82) is 0 Å². The van der Waals surface area contributed by atoms with Gasteiger partial charge in [-0.15, -0.1) is 6.42 Å². The van der Waals surface area contributed by atoms with E-state index in [0.29, 0.717) is 16.9 Å². The van der Waals surface area contributed by atoms with Gasteiger partial charge in [-0.2, -0.15) is 0 Å². The average molecular weight is 444 g/mol. The van der Waals surface area contributed by atoms with Crippen LogP contribution >= 0.6 is 0 Å². The second kappa shape index (κ2) is 7.97. The number of carbonyl (C=O) groups is 3. The van der Waals surface area contributed by atoms with Gasteiger partial charge in [0.05, 0.1) is 5.56 Å². The van der Waals surface area contributed by atoms with Crippen molar-refractivity contribution in [3.05, 3.63) is 52.1 Å². The molecule has 1 fully saturated rings. The summed E-state index contributed by atoms with van der Waals surface area (Å²) < 4.78 is 41.6. The van der Waals surface area contributed by atoms with Crippen LogP contribution in [0.4, 0.5) is 18.9 Å². The lowest BCUT2D eigenvalue weighted by molar-refractivity contribution is -0.146. The van der Waals surface area contributed by atoms with E-state index in [1.165, 1.54) is 29.7 Å². The van der Waals surface area contributed by atoms with Crippen molar-refractivity contribution in [1.82, 2.24) is 4.57 Å². The van der Waals surface area contributed by atoms with Crippen LogP contribution in [0.15, 0.2) is 18.2 Å². The van der Waals surface area contributed by atoms with Gasteiger partial charge in [-0.25, -0.2) is 13.2 Å². The lowest BCUT2D eigenvalue weighted by Crippen LogP contribution is -2.47. The Kier molecular flexibility index (Phi) is 5.81. The van der Waals surface area contributed by atoms with Gasteiger partial charge >= 0.3 is 0 Å². The van der Waals surface area contributed by atoms with Crippen molar-refractivity contribution in [2.45, 2.75) is 46.0 Å². The van der Waals surface area contributed by atoms with Crippen LogP contribution in [0.3, 0.4) is 0 Å². The van der Waals surface area contributed by atoms with E-state index in [2.05, 4.69) is 11.2 Å². The molecule has 1 aliphatic rings. The van der Waals surface area contributed by atoms with Crippen LogP contribution in [-0.4, -0.2) is 28.0 Å². The van der Waals surface area contributed by atoms with E-state index in [9.17, 15) is 27.6 Å². The van der Waals surface area contributed by atoms with Gasteiger partial charge in [0.25, 0.3) is 11.8 Å². The second-order valence-corrected chi connectivity index (χ2v) is 8.47. The van der Waals surface area contributed by atoms with Crippen molar-refractivity contribution < 1.29 is 27.6 Å². The largest absolute Gasteiger partial charge is 0.343 e. The molecule has 0 aliphatic heterocycles. The number of carbonyl (C=O) groups excluding carboxylic acids is 3. The fourth-order valence-electron chi connectivity index (χ4n) is 4.29. The predicted molar refractivity (Wildman–Crippen MR) is 113 cm³/mol.